The van der Waals surface area contributed by atoms with Crippen LogP contribution in [0.25, 0.3) is 44.5 Å². The van der Waals surface area contributed by atoms with E-state index < -0.39 is 19.2 Å². The Labute approximate surface area is 336 Å². The van der Waals surface area contributed by atoms with Gasteiger partial charge in [0.1, 0.15) is 0 Å². The van der Waals surface area contributed by atoms with E-state index in [1.54, 1.807) is 0 Å². The number of unbranched alkanes of at least 4 members (excludes halogenated alkanes) is 10. The monoisotopic (exact) mass is 836 g/mol. The quantitative estimate of drug-likeness (QED) is 0.0501. The minimum absolute atomic E-state index is 0.959. The second kappa shape index (κ2) is 21.7. The molecule has 0 aliphatic rings. The molecule has 0 heterocycles. The zero-order chi connectivity index (χ0) is 38.0. The first-order valence-corrected chi connectivity index (χ1v) is 27.4. The Morgan fingerprint density at radius 1 is 0.327 bits per heavy atom. The van der Waals surface area contributed by atoms with E-state index in [4.69, 9.17) is 6.15 Å². The Hall–Kier alpha value is -4.28. The van der Waals surface area contributed by atoms with E-state index in [1.807, 2.05) is 0 Å². The molecule has 0 saturated carbocycles. The van der Waals surface area contributed by atoms with E-state index in [0.29, 0.717) is 0 Å². The third-order valence-electron chi connectivity index (χ3n) is 10.8. The van der Waals surface area contributed by atoms with Gasteiger partial charge < -0.3 is 0 Å². The van der Waals surface area contributed by atoms with E-state index >= 15 is 0 Å². The fourth-order valence-corrected chi connectivity index (χ4v) is 17.6. The van der Waals surface area contributed by atoms with Crippen molar-refractivity contribution in [3.8, 4) is 56.0 Å². The normalized spacial score (nSPS) is 11.4. The summed E-state index contributed by atoms with van der Waals surface area (Å²) in [4.78, 5) is 0. The van der Waals surface area contributed by atoms with Crippen molar-refractivity contribution in [1.29, 1.82) is 0 Å². The van der Waals surface area contributed by atoms with Crippen LogP contribution in [-0.2, 0) is 0 Å². The summed E-state index contributed by atoms with van der Waals surface area (Å²) in [7, 11) is 0. The van der Waals surface area contributed by atoms with Crippen LogP contribution in [0, 0.1) is 0 Å². The molecule has 0 amide bonds. The number of hydrogen-bond acceptors (Lipinski definition) is 2. The molecule has 6 aromatic rings. The van der Waals surface area contributed by atoms with Gasteiger partial charge in [-0.1, -0.05) is 0 Å². The van der Waals surface area contributed by atoms with Crippen LogP contribution in [0.5, 0.6) is 11.5 Å². The van der Waals surface area contributed by atoms with Crippen LogP contribution in [0.2, 0.25) is 8.87 Å². The number of hydrogen-bond donors (Lipinski definition) is 0. The minimum atomic E-state index is -4.07. The average molecular weight is 836 g/mol. The SMILES string of the molecule is CCCCCCC[CH2][Sn]([CH2]CCCCCCC)([O]c1cccc(-c2ccccc2)c1-c1ccccc1)[O]c1cccc(-c2ccccc2)c1-c1ccccc1. The first kappa shape index (κ1) is 40.4. The molecule has 0 saturated heterocycles. The first-order chi connectivity index (χ1) is 27.2. The maximum absolute atomic E-state index is 7.83. The molecule has 55 heavy (non-hydrogen) atoms. The number of rotatable bonds is 22. The summed E-state index contributed by atoms with van der Waals surface area (Å²) in [6.45, 7) is 4.59. The molecule has 0 radical (unpaired) electrons. The molecule has 0 fully saturated rings. The van der Waals surface area contributed by atoms with Crippen LogP contribution in [0.4, 0.5) is 0 Å². The van der Waals surface area contributed by atoms with E-state index in [9.17, 15) is 0 Å². The summed E-state index contributed by atoms with van der Waals surface area (Å²) in [5.41, 5.74) is 9.45. The van der Waals surface area contributed by atoms with Gasteiger partial charge in [0.2, 0.25) is 0 Å². The van der Waals surface area contributed by atoms with Crippen molar-refractivity contribution >= 4 is 19.2 Å². The van der Waals surface area contributed by atoms with Crippen molar-refractivity contribution in [2.24, 2.45) is 0 Å². The first-order valence-electron chi connectivity index (χ1n) is 21.1. The molecule has 0 unspecified atom stereocenters. The third kappa shape index (κ3) is 11.4. The van der Waals surface area contributed by atoms with Gasteiger partial charge in [-0.2, -0.15) is 0 Å². The molecule has 0 spiro atoms. The van der Waals surface area contributed by atoms with E-state index in [1.165, 1.54) is 97.6 Å². The topological polar surface area (TPSA) is 18.5 Å². The second-order valence-electron chi connectivity index (χ2n) is 15.0. The molecule has 0 aliphatic heterocycles. The van der Waals surface area contributed by atoms with Crippen molar-refractivity contribution in [1.82, 2.24) is 0 Å². The van der Waals surface area contributed by atoms with Gasteiger partial charge in [0, 0.05) is 0 Å². The molecule has 0 N–H and O–H groups in total. The molecule has 0 aromatic heterocycles. The van der Waals surface area contributed by atoms with Crippen molar-refractivity contribution in [2.75, 3.05) is 0 Å². The van der Waals surface area contributed by atoms with Gasteiger partial charge in [0.25, 0.3) is 0 Å². The molecular weight excluding hydrogens is 775 g/mol. The van der Waals surface area contributed by atoms with Gasteiger partial charge in [-0.25, -0.2) is 0 Å². The Morgan fingerprint density at radius 2 is 0.655 bits per heavy atom. The van der Waals surface area contributed by atoms with Crippen molar-refractivity contribution in [3.05, 3.63) is 158 Å². The summed E-state index contributed by atoms with van der Waals surface area (Å²) < 4.78 is 17.7. The summed E-state index contributed by atoms with van der Waals surface area (Å²) in [6, 6.07) is 56.5. The molecule has 6 rings (SSSR count). The molecule has 0 aliphatic carbocycles. The fourth-order valence-electron chi connectivity index (χ4n) is 7.85. The summed E-state index contributed by atoms with van der Waals surface area (Å²) in [5.74, 6) is 1.92. The molecule has 284 valence electrons. The van der Waals surface area contributed by atoms with Gasteiger partial charge in [-0.15, -0.1) is 0 Å². The summed E-state index contributed by atoms with van der Waals surface area (Å²) in [5, 5.41) is 0. The summed E-state index contributed by atoms with van der Waals surface area (Å²) >= 11 is -4.07. The predicted octanol–water partition coefficient (Wildman–Crippen LogP) is 16.0. The molecule has 2 nitrogen and oxygen atoms in total. The van der Waals surface area contributed by atoms with Crippen LogP contribution in [-0.4, -0.2) is 19.2 Å². The summed E-state index contributed by atoms with van der Waals surface area (Å²) in [6.07, 6.45) is 15.0. The van der Waals surface area contributed by atoms with E-state index in [0.717, 1.165) is 44.3 Å². The van der Waals surface area contributed by atoms with Crippen molar-refractivity contribution in [2.45, 2.75) is 99.8 Å². The van der Waals surface area contributed by atoms with Crippen LogP contribution in [0.3, 0.4) is 0 Å². The standard InChI is InChI=1S/2C18H14O.2C8H17.Sn/c2*19-17-13-7-12-16(14-8-3-1-4-9-14)18(17)15-10-5-2-6-11-15;2*1-3-5-7-8-6-4-2;/h2*1-13,19H;2*1,3-8H2,2H3;/q;;;;+2/p-2. The molecule has 6 aromatic carbocycles. The van der Waals surface area contributed by atoms with E-state index in [2.05, 4.69) is 172 Å². The van der Waals surface area contributed by atoms with E-state index in [-0.39, 0.29) is 0 Å². The third-order valence-corrected chi connectivity index (χ3v) is 20.5. The Kier molecular flexibility index (Phi) is 15.9. The average Bonchev–Trinajstić information content (AvgIpc) is 3.24. The van der Waals surface area contributed by atoms with Crippen molar-refractivity contribution in [3.63, 3.8) is 0 Å². The Bertz CT molecular complexity index is 1830. The Balaban J connectivity index is 1.49. The predicted molar refractivity (Wildman–Crippen MR) is 238 cm³/mol. The molecule has 0 atom stereocenters. The van der Waals surface area contributed by atoms with Gasteiger partial charge in [-0.05, 0) is 0 Å². The molecule has 0 bridgehead atoms. The maximum atomic E-state index is 7.83. The fraction of sp³-hybridized carbons (Fsp3) is 0.308. The number of benzene rings is 6. The van der Waals surface area contributed by atoms with Crippen molar-refractivity contribution < 1.29 is 6.15 Å². The molecule has 3 heteroatoms. The van der Waals surface area contributed by atoms with Gasteiger partial charge >= 0.3 is 339 Å². The van der Waals surface area contributed by atoms with Gasteiger partial charge in [-0.3, -0.25) is 0 Å². The van der Waals surface area contributed by atoms with Crippen LogP contribution < -0.4 is 6.15 Å². The van der Waals surface area contributed by atoms with Crippen LogP contribution in [0.15, 0.2) is 158 Å². The van der Waals surface area contributed by atoms with Crippen LogP contribution >= 0.6 is 0 Å². The Morgan fingerprint density at radius 3 is 1.02 bits per heavy atom. The molecular formula is C52H60O2Sn. The zero-order valence-corrected chi connectivity index (χ0v) is 36.1. The zero-order valence-electron chi connectivity index (χ0n) is 33.2. The van der Waals surface area contributed by atoms with Gasteiger partial charge in [0.05, 0.1) is 0 Å². The second-order valence-corrected chi connectivity index (χ2v) is 24.2. The van der Waals surface area contributed by atoms with Gasteiger partial charge in [0.15, 0.2) is 0 Å². The van der Waals surface area contributed by atoms with Crippen LogP contribution in [0.1, 0.15) is 90.9 Å².